The van der Waals surface area contributed by atoms with Crippen molar-refractivity contribution in [3.05, 3.63) is 28.0 Å². The normalized spacial score (nSPS) is 30.6. The highest BCUT2D eigenvalue weighted by Gasteiger charge is 2.54. The minimum Gasteiger partial charge on any atom is -0.496 e. The SMILES string of the molecule is COc1cc(F)c(Br)cc1C(Br)C1C2CCCCC21. The van der Waals surface area contributed by atoms with E-state index in [0.29, 0.717) is 16.1 Å². The van der Waals surface area contributed by atoms with Gasteiger partial charge in [-0.1, -0.05) is 28.8 Å². The lowest BCUT2D eigenvalue weighted by Crippen LogP contribution is -2.00. The second kappa shape index (κ2) is 5.36. The number of benzene rings is 1. The van der Waals surface area contributed by atoms with Crippen LogP contribution in [0, 0.1) is 23.6 Å². The number of alkyl halides is 1. The molecule has 0 bridgehead atoms. The summed E-state index contributed by atoms with van der Waals surface area (Å²) >= 11 is 7.10. The van der Waals surface area contributed by atoms with Gasteiger partial charge >= 0.3 is 0 Å². The molecule has 0 saturated heterocycles. The quantitative estimate of drug-likeness (QED) is 0.620. The predicted molar refractivity (Wildman–Crippen MR) is 81.3 cm³/mol. The molecule has 1 aromatic rings. The summed E-state index contributed by atoms with van der Waals surface area (Å²) in [6, 6.07) is 3.33. The van der Waals surface area contributed by atoms with Crippen LogP contribution in [0.2, 0.25) is 0 Å². The Morgan fingerprint density at radius 3 is 2.47 bits per heavy atom. The lowest BCUT2D eigenvalue weighted by atomic mass is 10.0. The standard InChI is InChI=1S/C15H17Br2FO/c1-19-13-7-12(18)11(16)6-10(13)15(17)14-8-4-2-3-5-9(8)14/h6-9,14-15H,2-5H2,1H3. The van der Waals surface area contributed by atoms with E-state index in [1.54, 1.807) is 7.11 Å². The number of rotatable bonds is 3. The summed E-state index contributed by atoms with van der Waals surface area (Å²) in [6.45, 7) is 0. The molecule has 0 N–H and O–H groups in total. The summed E-state index contributed by atoms with van der Waals surface area (Å²) in [6.07, 6.45) is 5.42. The van der Waals surface area contributed by atoms with E-state index in [2.05, 4.69) is 31.9 Å². The zero-order valence-corrected chi connectivity index (χ0v) is 14.0. The fourth-order valence-corrected chi connectivity index (χ4v) is 5.13. The van der Waals surface area contributed by atoms with Crippen LogP contribution in [0.1, 0.15) is 36.1 Å². The maximum atomic E-state index is 13.6. The van der Waals surface area contributed by atoms with Crippen molar-refractivity contribution in [2.75, 3.05) is 7.11 Å². The van der Waals surface area contributed by atoms with Crippen LogP contribution in [0.25, 0.3) is 0 Å². The number of halogens is 3. The molecule has 4 heteroatoms. The summed E-state index contributed by atoms with van der Waals surface area (Å²) in [4.78, 5) is 0.271. The molecule has 0 aromatic heterocycles. The van der Waals surface area contributed by atoms with Gasteiger partial charge in [-0.05, 0) is 52.6 Å². The molecule has 1 nitrogen and oxygen atoms in total. The topological polar surface area (TPSA) is 9.23 Å². The largest absolute Gasteiger partial charge is 0.496 e. The van der Waals surface area contributed by atoms with Gasteiger partial charge in [-0.25, -0.2) is 4.39 Å². The van der Waals surface area contributed by atoms with Crippen molar-refractivity contribution < 1.29 is 9.13 Å². The third-order valence-corrected chi connectivity index (χ3v) is 6.34. The van der Waals surface area contributed by atoms with Gasteiger partial charge in [0, 0.05) is 16.5 Å². The second-order valence-electron chi connectivity index (χ2n) is 5.60. The van der Waals surface area contributed by atoms with Gasteiger partial charge in [0.15, 0.2) is 0 Å². The Morgan fingerprint density at radius 1 is 1.26 bits per heavy atom. The second-order valence-corrected chi connectivity index (χ2v) is 7.44. The molecular formula is C15H17Br2FO. The molecule has 2 fully saturated rings. The number of methoxy groups -OCH3 is 1. The van der Waals surface area contributed by atoms with E-state index < -0.39 is 0 Å². The van der Waals surface area contributed by atoms with Crippen molar-refractivity contribution in [3.8, 4) is 5.75 Å². The molecule has 104 valence electrons. The molecule has 0 amide bonds. The molecule has 0 aliphatic heterocycles. The van der Waals surface area contributed by atoms with Crippen LogP contribution in [-0.4, -0.2) is 7.11 Å². The van der Waals surface area contributed by atoms with Crippen LogP contribution in [0.15, 0.2) is 16.6 Å². The molecular weight excluding hydrogens is 375 g/mol. The van der Waals surface area contributed by atoms with E-state index in [9.17, 15) is 4.39 Å². The third kappa shape index (κ3) is 2.46. The third-order valence-electron chi connectivity index (χ3n) is 4.63. The van der Waals surface area contributed by atoms with Crippen LogP contribution < -0.4 is 4.74 Å². The first-order chi connectivity index (χ1) is 9.13. The van der Waals surface area contributed by atoms with Crippen LogP contribution in [-0.2, 0) is 0 Å². The van der Waals surface area contributed by atoms with Crippen molar-refractivity contribution >= 4 is 31.9 Å². The lowest BCUT2D eigenvalue weighted by Gasteiger charge is -2.15. The van der Waals surface area contributed by atoms with Crippen molar-refractivity contribution in [2.24, 2.45) is 17.8 Å². The highest BCUT2D eigenvalue weighted by molar-refractivity contribution is 9.10. The summed E-state index contributed by atoms with van der Waals surface area (Å²) in [5.41, 5.74) is 1.06. The molecule has 2 saturated carbocycles. The minimum atomic E-state index is -0.270. The van der Waals surface area contributed by atoms with E-state index in [1.165, 1.54) is 31.7 Å². The Kier molecular flexibility index (Phi) is 3.91. The van der Waals surface area contributed by atoms with E-state index in [-0.39, 0.29) is 10.6 Å². The van der Waals surface area contributed by atoms with Crippen LogP contribution in [0.5, 0.6) is 5.75 Å². The number of hydrogen-bond donors (Lipinski definition) is 0. The summed E-state index contributed by atoms with van der Waals surface area (Å²) < 4.78 is 19.4. The molecule has 19 heavy (non-hydrogen) atoms. The summed E-state index contributed by atoms with van der Waals surface area (Å²) in [7, 11) is 1.60. The molecule has 3 rings (SSSR count). The molecule has 2 aliphatic rings. The van der Waals surface area contributed by atoms with Gasteiger partial charge < -0.3 is 4.74 Å². The number of ether oxygens (including phenoxy) is 1. The zero-order valence-electron chi connectivity index (χ0n) is 10.8. The van der Waals surface area contributed by atoms with Gasteiger partial charge in [0.25, 0.3) is 0 Å². The monoisotopic (exact) mass is 390 g/mol. The maximum absolute atomic E-state index is 13.6. The van der Waals surface area contributed by atoms with Crippen LogP contribution >= 0.6 is 31.9 Å². The van der Waals surface area contributed by atoms with E-state index >= 15 is 0 Å². The fraction of sp³-hybridized carbons (Fsp3) is 0.600. The van der Waals surface area contributed by atoms with Gasteiger partial charge in [0.2, 0.25) is 0 Å². The highest BCUT2D eigenvalue weighted by Crippen LogP contribution is 2.63. The van der Waals surface area contributed by atoms with Crippen LogP contribution in [0.3, 0.4) is 0 Å². The first kappa shape index (κ1) is 13.9. The molecule has 0 spiro atoms. The predicted octanol–water partition coefficient (Wildman–Crippen LogP) is 5.47. The van der Waals surface area contributed by atoms with Crippen molar-refractivity contribution in [1.29, 1.82) is 0 Å². The van der Waals surface area contributed by atoms with Crippen molar-refractivity contribution in [2.45, 2.75) is 30.5 Å². The Balaban J connectivity index is 1.87. The molecule has 0 heterocycles. The summed E-state index contributed by atoms with van der Waals surface area (Å²) in [5, 5.41) is 0. The molecule has 1 aromatic carbocycles. The van der Waals surface area contributed by atoms with Gasteiger partial charge in [-0.15, -0.1) is 0 Å². The minimum absolute atomic E-state index is 0.270. The van der Waals surface area contributed by atoms with Gasteiger partial charge in [0.1, 0.15) is 11.6 Å². The Morgan fingerprint density at radius 2 is 1.89 bits per heavy atom. The first-order valence-corrected chi connectivity index (χ1v) is 8.51. The van der Waals surface area contributed by atoms with Crippen molar-refractivity contribution in [3.63, 3.8) is 0 Å². The maximum Gasteiger partial charge on any atom is 0.141 e. The molecule has 3 atom stereocenters. The molecule has 0 radical (unpaired) electrons. The number of hydrogen-bond acceptors (Lipinski definition) is 1. The first-order valence-electron chi connectivity index (χ1n) is 6.80. The van der Waals surface area contributed by atoms with E-state index in [0.717, 1.165) is 17.4 Å². The average Bonchev–Trinajstić information content (AvgIpc) is 3.14. The van der Waals surface area contributed by atoms with Crippen molar-refractivity contribution in [1.82, 2.24) is 0 Å². The lowest BCUT2D eigenvalue weighted by molar-refractivity contribution is 0.403. The van der Waals surface area contributed by atoms with E-state index in [4.69, 9.17) is 4.74 Å². The van der Waals surface area contributed by atoms with Gasteiger partial charge in [-0.2, -0.15) is 0 Å². The highest BCUT2D eigenvalue weighted by atomic mass is 79.9. The molecule has 3 unspecified atom stereocenters. The molecule has 2 aliphatic carbocycles. The summed E-state index contributed by atoms with van der Waals surface area (Å²) in [5.74, 6) is 2.77. The Labute approximate surface area is 130 Å². The zero-order chi connectivity index (χ0) is 13.6. The van der Waals surface area contributed by atoms with Gasteiger partial charge in [0.05, 0.1) is 11.6 Å². The Hall–Kier alpha value is -0.0900. The van der Waals surface area contributed by atoms with Gasteiger partial charge in [-0.3, -0.25) is 0 Å². The average molecular weight is 392 g/mol. The van der Waals surface area contributed by atoms with E-state index in [1.807, 2.05) is 6.07 Å². The Bertz CT molecular complexity index is 479. The smallest absolute Gasteiger partial charge is 0.141 e. The fourth-order valence-electron chi connectivity index (χ4n) is 3.63. The van der Waals surface area contributed by atoms with Crippen LogP contribution in [0.4, 0.5) is 4.39 Å². The number of fused-ring (bicyclic) bond motifs is 1.